The monoisotopic (exact) mass is 397 g/mol. The van der Waals surface area contributed by atoms with E-state index in [1.807, 2.05) is 48.5 Å². The first-order valence-corrected chi connectivity index (χ1v) is 9.84. The Labute approximate surface area is 166 Å². The van der Waals surface area contributed by atoms with E-state index in [0.717, 1.165) is 21.8 Å². The summed E-state index contributed by atoms with van der Waals surface area (Å²) in [6, 6.07) is 14.9. The van der Waals surface area contributed by atoms with Gasteiger partial charge in [0, 0.05) is 23.5 Å². The number of carbonyl (C=O) groups excluding carboxylic acids is 3. The summed E-state index contributed by atoms with van der Waals surface area (Å²) in [6.07, 6.45) is -0.259. The maximum atomic E-state index is 12.3. The van der Waals surface area contributed by atoms with Gasteiger partial charge in [-0.2, -0.15) is 0 Å². The van der Waals surface area contributed by atoms with Crippen LogP contribution in [-0.4, -0.2) is 36.3 Å². The highest BCUT2D eigenvalue weighted by Crippen LogP contribution is 2.36. The molecular formula is C20H19N3O4S. The average Bonchev–Trinajstić information content (AvgIpc) is 3.13. The molecule has 1 fully saturated rings. The lowest BCUT2D eigenvalue weighted by Gasteiger charge is -2.23. The lowest BCUT2D eigenvalue weighted by atomic mass is 10.2. The van der Waals surface area contributed by atoms with Crippen molar-refractivity contribution in [2.75, 3.05) is 23.4 Å². The maximum Gasteiger partial charge on any atom is 0.414 e. The second-order valence-corrected chi connectivity index (χ2v) is 7.75. The van der Waals surface area contributed by atoms with E-state index in [2.05, 4.69) is 10.6 Å². The van der Waals surface area contributed by atoms with Crippen molar-refractivity contribution in [3.8, 4) is 0 Å². The number of carbonyl (C=O) groups is 3. The third-order valence-electron chi connectivity index (χ3n) is 4.55. The van der Waals surface area contributed by atoms with Crippen LogP contribution in [0.25, 0.3) is 0 Å². The molecule has 0 saturated carbocycles. The van der Waals surface area contributed by atoms with Gasteiger partial charge in [0.1, 0.15) is 6.61 Å². The number of anilines is 2. The molecule has 144 valence electrons. The number of nitrogens with zero attached hydrogens (tertiary/aromatic N) is 1. The van der Waals surface area contributed by atoms with E-state index in [4.69, 9.17) is 4.74 Å². The zero-order chi connectivity index (χ0) is 19.5. The van der Waals surface area contributed by atoms with Crippen molar-refractivity contribution in [1.29, 1.82) is 0 Å². The minimum Gasteiger partial charge on any atom is -0.447 e. The van der Waals surface area contributed by atoms with E-state index in [-0.39, 0.29) is 24.3 Å². The summed E-state index contributed by atoms with van der Waals surface area (Å²) < 4.78 is 4.95. The molecule has 4 rings (SSSR count). The lowest BCUT2D eigenvalue weighted by Crippen LogP contribution is -2.34. The molecule has 1 saturated heterocycles. The molecule has 2 aliphatic rings. The maximum absolute atomic E-state index is 12.3. The van der Waals surface area contributed by atoms with Crippen molar-refractivity contribution in [2.45, 2.75) is 23.1 Å². The summed E-state index contributed by atoms with van der Waals surface area (Å²) in [4.78, 5) is 38.8. The summed E-state index contributed by atoms with van der Waals surface area (Å²) in [6.45, 7) is 1.22. The van der Waals surface area contributed by atoms with Crippen LogP contribution in [0.1, 0.15) is 12.0 Å². The van der Waals surface area contributed by atoms with Crippen LogP contribution in [-0.2, 0) is 20.9 Å². The number of cyclic esters (lactones) is 1. The number of para-hydroxylation sites is 1. The molecule has 1 unspecified atom stereocenters. The molecule has 7 nitrogen and oxygen atoms in total. The number of rotatable bonds is 5. The standard InChI is InChI=1S/C20H19N3O4S/c24-18(11-17-19(25)22-15-6-1-2-7-16(15)28-17)21-12-13-4-3-5-14(10-13)23-8-9-27-20(23)26/h1-7,10,17H,8-9,11-12H2,(H,21,24)(H,22,25). The van der Waals surface area contributed by atoms with Crippen molar-refractivity contribution < 1.29 is 19.1 Å². The topological polar surface area (TPSA) is 87.7 Å². The van der Waals surface area contributed by atoms with Crippen LogP contribution in [0.5, 0.6) is 0 Å². The van der Waals surface area contributed by atoms with Crippen molar-refractivity contribution in [3.05, 3.63) is 54.1 Å². The number of hydrogen-bond acceptors (Lipinski definition) is 5. The molecule has 0 aliphatic carbocycles. The van der Waals surface area contributed by atoms with Gasteiger partial charge in [0.15, 0.2) is 0 Å². The highest BCUT2D eigenvalue weighted by atomic mass is 32.2. The second-order valence-electron chi connectivity index (χ2n) is 6.51. The number of hydrogen-bond donors (Lipinski definition) is 2. The summed E-state index contributed by atoms with van der Waals surface area (Å²) in [5, 5.41) is 5.24. The van der Waals surface area contributed by atoms with Crippen LogP contribution in [0.2, 0.25) is 0 Å². The second kappa shape index (κ2) is 7.93. The SMILES string of the molecule is O=C(CC1Sc2ccccc2NC1=O)NCc1cccc(N2CCOC2=O)c1. The van der Waals surface area contributed by atoms with Gasteiger partial charge in [0.05, 0.1) is 17.5 Å². The zero-order valence-corrected chi connectivity index (χ0v) is 15.8. The van der Waals surface area contributed by atoms with E-state index in [1.165, 1.54) is 11.8 Å². The molecule has 3 amide bonds. The summed E-state index contributed by atoms with van der Waals surface area (Å²) in [5.41, 5.74) is 2.40. The van der Waals surface area contributed by atoms with E-state index in [1.54, 1.807) is 4.90 Å². The number of thioether (sulfide) groups is 1. The van der Waals surface area contributed by atoms with Gasteiger partial charge >= 0.3 is 6.09 Å². The average molecular weight is 397 g/mol. The Morgan fingerprint density at radius 3 is 2.89 bits per heavy atom. The number of ether oxygens (including phenoxy) is 1. The molecule has 2 heterocycles. The minimum atomic E-state index is -0.458. The molecule has 28 heavy (non-hydrogen) atoms. The quantitative estimate of drug-likeness (QED) is 0.810. The molecule has 0 aromatic heterocycles. The number of fused-ring (bicyclic) bond motifs is 1. The highest BCUT2D eigenvalue weighted by Gasteiger charge is 2.28. The third-order valence-corrected chi connectivity index (χ3v) is 5.83. The molecular weight excluding hydrogens is 378 g/mol. The first-order chi connectivity index (χ1) is 13.6. The van der Waals surface area contributed by atoms with Gasteiger partial charge in [-0.1, -0.05) is 24.3 Å². The predicted octanol–water partition coefficient (Wildman–Crippen LogP) is 2.76. The van der Waals surface area contributed by atoms with E-state index in [0.29, 0.717) is 19.7 Å². The van der Waals surface area contributed by atoms with Crippen LogP contribution in [0.4, 0.5) is 16.2 Å². The van der Waals surface area contributed by atoms with Gasteiger partial charge in [-0.3, -0.25) is 14.5 Å². The van der Waals surface area contributed by atoms with Crippen molar-refractivity contribution in [3.63, 3.8) is 0 Å². The minimum absolute atomic E-state index is 0.100. The zero-order valence-electron chi connectivity index (χ0n) is 15.0. The van der Waals surface area contributed by atoms with Crippen molar-refractivity contribution in [2.24, 2.45) is 0 Å². The van der Waals surface area contributed by atoms with Gasteiger partial charge in [0.2, 0.25) is 11.8 Å². The smallest absolute Gasteiger partial charge is 0.414 e. The fourth-order valence-corrected chi connectivity index (χ4v) is 4.24. The molecule has 2 N–H and O–H groups in total. The Morgan fingerprint density at radius 1 is 1.21 bits per heavy atom. The largest absolute Gasteiger partial charge is 0.447 e. The Bertz CT molecular complexity index is 933. The van der Waals surface area contributed by atoms with Gasteiger partial charge in [-0.15, -0.1) is 11.8 Å². The fraction of sp³-hybridized carbons (Fsp3) is 0.250. The summed E-state index contributed by atoms with van der Waals surface area (Å²) in [5.74, 6) is -0.355. The fourth-order valence-electron chi connectivity index (χ4n) is 3.13. The van der Waals surface area contributed by atoms with Crippen molar-refractivity contribution in [1.82, 2.24) is 5.32 Å². The van der Waals surface area contributed by atoms with Crippen molar-refractivity contribution >= 4 is 41.0 Å². The molecule has 2 aromatic rings. The van der Waals surface area contributed by atoms with E-state index in [9.17, 15) is 14.4 Å². The van der Waals surface area contributed by atoms with Crippen LogP contribution in [0.15, 0.2) is 53.4 Å². The molecule has 0 bridgehead atoms. The van der Waals surface area contributed by atoms with Gasteiger partial charge in [0.25, 0.3) is 0 Å². The van der Waals surface area contributed by atoms with Crippen LogP contribution >= 0.6 is 11.8 Å². The Balaban J connectivity index is 1.34. The number of benzene rings is 2. The third kappa shape index (κ3) is 3.96. The highest BCUT2D eigenvalue weighted by molar-refractivity contribution is 8.01. The first kappa shape index (κ1) is 18.4. The summed E-state index contributed by atoms with van der Waals surface area (Å²) >= 11 is 1.40. The number of amides is 3. The Hall–Kier alpha value is -3.00. The predicted molar refractivity (Wildman–Crippen MR) is 106 cm³/mol. The molecule has 0 radical (unpaired) electrons. The lowest BCUT2D eigenvalue weighted by molar-refractivity contribution is -0.124. The normalized spacial score (nSPS) is 18.3. The molecule has 2 aliphatic heterocycles. The van der Waals surface area contributed by atoms with Crippen LogP contribution in [0, 0.1) is 0 Å². The first-order valence-electron chi connectivity index (χ1n) is 8.96. The van der Waals surface area contributed by atoms with Gasteiger partial charge in [-0.25, -0.2) is 4.79 Å². The molecule has 1 atom stereocenters. The van der Waals surface area contributed by atoms with Gasteiger partial charge < -0.3 is 15.4 Å². The van der Waals surface area contributed by atoms with Crippen LogP contribution in [0.3, 0.4) is 0 Å². The molecule has 0 spiro atoms. The van der Waals surface area contributed by atoms with E-state index >= 15 is 0 Å². The van der Waals surface area contributed by atoms with Gasteiger partial charge in [-0.05, 0) is 29.8 Å². The molecule has 8 heteroatoms. The van der Waals surface area contributed by atoms with E-state index < -0.39 is 5.25 Å². The van der Waals surface area contributed by atoms with Crippen LogP contribution < -0.4 is 15.5 Å². The Kier molecular flexibility index (Phi) is 5.21. The molecule has 2 aromatic carbocycles. The Morgan fingerprint density at radius 2 is 2.07 bits per heavy atom. The summed E-state index contributed by atoms with van der Waals surface area (Å²) in [7, 11) is 0. The number of nitrogens with one attached hydrogen (secondary N) is 2.